The molecule has 0 atom stereocenters. The summed E-state index contributed by atoms with van der Waals surface area (Å²) in [5.74, 6) is 0. The Bertz CT molecular complexity index is 143. The zero-order chi connectivity index (χ0) is 8.36. The van der Waals surface area contributed by atoms with Crippen molar-refractivity contribution in [2.24, 2.45) is 0 Å². The molecule has 0 fully saturated rings. The van der Waals surface area contributed by atoms with Crippen molar-refractivity contribution in [2.45, 2.75) is 26.2 Å². The molecule has 0 spiro atoms. The Morgan fingerprint density at radius 3 is 2.45 bits per heavy atom. The maximum absolute atomic E-state index is 9.81. The first-order chi connectivity index (χ1) is 5.41. The number of unbranched alkanes of at least 4 members (excludes halogenated alkanes) is 2. The van der Waals surface area contributed by atoms with Gasteiger partial charge in [0, 0.05) is 0 Å². The quantitative estimate of drug-likeness (QED) is 0.326. The molecule has 1 nitrogen and oxygen atoms in total. The Morgan fingerprint density at radius 1 is 1.09 bits per heavy atom. The van der Waals surface area contributed by atoms with E-state index >= 15 is 0 Å². The molecule has 0 heterocycles. The Morgan fingerprint density at radius 2 is 1.82 bits per heavy atom. The lowest BCUT2D eigenvalue weighted by molar-refractivity contribution is 0.352. The molecule has 0 aromatic rings. The summed E-state index contributed by atoms with van der Waals surface area (Å²) >= 11 is 0. The second-order valence-corrected chi connectivity index (χ2v) is 2.28. The minimum Gasteiger partial charge on any atom is -0.299 e. The predicted octanol–water partition coefficient (Wildman–Crippen LogP) is 3.23. The third-order valence-corrected chi connectivity index (χ3v) is 1.27. The highest BCUT2D eigenvalue weighted by Crippen LogP contribution is 1.94. The monoisotopic (exact) mass is 151 g/mol. The van der Waals surface area contributed by atoms with Crippen LogP contribution in [0.3, 0.4) is 0 Å². The Hall–Kier alpha value is -0.980. The van der Waals surface area contributed by atoms with Gasteiger partial charge >= 0.3 is 0 Å². The summed E-state index contributed by atoms with van der Waals surface area (Å²) in [5.41, 5.74) is 0. The molecule has 0 bridgehead atoms. The van der Waals surface area contributed by atoms with Crippen molar-refractivity contribution < 1.29 is 5.11 Å². The SMILES string of the molecule is CCCC/C=C/C=C/C=C/[O]. The predicted molar refractivity (Wildman–Crippen MR) is 47.6 cm³/mol. The van der Waals surface area contributed by atoms with Crippen molar-refractivity contribution in [1.29, 1.82) is 0 Å². The molecule has 0 aromatic heterocycles. The van der Waals surface area contributed by atoms with Gasteiger partial charge in [-0.3, -0.25) is 5.11 Å². The summed E-state index contributed by atoms with van der Waals surface area (Å²) in [5, 5.41) is 9.81. The zero-order valence-corrected chi connectivity index (χ0v) is 6.99. The van der Waals surface area contributed by atoms with Gasteiger partial charge in [-0.15, -0.1) is 0 Å². The lowest BCUT2D eigenvalue weighted by Gasteiger charge is -1.84. The van der Waals surface area contributed by atoms with Gasteiger partial charge in [0.2, 0.25) is 0 Å². The van der Waals surface area contributed by atoms with Gasteiger partial charge < -0.3 is 0 Å². The molecule has 0 saturated heterocycles. The summed E-state index contributed by atoms with van der Waals surface area (Å²) in [4.78, 5) is 0. The highest BCUT2D eigenvalue weighted by molar-refractivity contribution is 5.09. The van der Waals surface area contributed by atoms with Crippen LogP contribution in [0.1, 0.15) is 26.2 Å². The summed E-state index contributed by atoms with van der Waals surface area (Å²) in [6.07, 6.45) is 13.5. The number of hydrogen-bond acceptors (Lipinski definition) is 0. The first-order valence-electron chi connectivity index (χ1n) is 4.02. The van der Waals surface area contributed by atoms with E-state index in [0.29, 0.717) is 0 Å². The summed E-state index contributed by atoms with van der Waals surface area (Å²) < 4.78 is 0. The molecule has 0 aliphatic heterocycles. The first-order valence-corrected chi connectivity index (χ1v) is 4.02. The topological polar surface area (TPSA) is 19.9 Å². The smallest absolute Gasteiger partial charge is 0.142 e. The molecular formula is C10H15O. The van der Waals surface area contributed by atoms with Crippen molar-refractivity contribution in [3.63, 3.8) is 0 Å². The minimum atomic E-state index is 0.774. The first kappa shape index (κ1) is 10.0. The lowest BCUT2D eigenvalue weighted by atomic mass is 10.2. The van der Waals surface area contributed by atoms with Gasteiger partial charge in [0.1, 0.15) is 6.26 Å². The fourth-order valence-electron chi connectivity index (χ4n) is 0.670. The van der Waals surface area contributed by atoms with Crippen LogP contribution in [0, 0.1) is 0 Å². The van der Waals surface area contributed by atoms with Crippen LogP contribution in [0.15, 0.2) is 36.6 Å². The van der Waals surface area contributed by atoms with Crippen molar-refractivity contribution in [3.05, 3.63) is 36.6 Å². The number of hydrogen-bond donors (Lipinski definition) is 0. The van der Waals surface area contributed by atoms with Crippen molar-refractivity contribution in [1.82, 2.24) is 0 Å². The third kappa shape index (κ3) is 9.02. The van der Waals surface area contributed by atoms with Gasteiger partial charge in [-0.05, 0) is 12.5 Å². The second kappa shape index (κ2) is 9.02. The fourth-order valence-corrected chi connectivity index (χ4v) is 0.670. The van der Waals surface area contributed by atoms with Crippen LogP contribution in [0.5, 0.6) is 0 Å². The standard InChI is InChI=1S/C10H15O/c1-2-3-4-5-6-7-8-9-10-11/h5-10H,2-4H2,1H3/b6-5+,8-7+,10-9+. The van der Waals surface area contributed by atoms with Gasteiger partial charge in [0.15, 0.2) is 0 Å². The average Bonchev–Trinajstić information content (AvgIpc) is 2.03. The maximum Gasteiger partial charge on any atom is 0.142 e. The fraction of sp³-hybridized carbons (Fsp3) is 0.400. The molecule has 0 amide bonds. The van der Waals surface area contributed by atoms with E-state index in [1.807, 2.05) is 12.2 Å². The summed E-state index contributed by atoms with van der Waals surface area (Å²) in [6.45, 7) is 2.17. The van der Waals surface area contributed by atoms with Gasteiger partial charge in [-0.25, -0.2) is 0 Å². The maximum atomic E-state index is 9.81. The van der Waals surface area contributed by atoms with Crippen molar-refractivity contribution >= 4 is 0 Å². The van der Waals surface area contributed by atoms with Gasteiger partial charge in [-0.2, -0.15) is 0 Å². The summed E-state index contributed by atoms with van der Waals surface area (Å²) in [6, 6.07) is 0. The third-order valence-electron chi connectivity index (χ3n) is 1.27. The van der Waals surface area contributed by atoms with Crippen LogP contribution < -0.4 is 0 Å². The van der Waals surface area contributed by atoms with Gasteiger partial charge in [0.05, 0.1) is 0 Å². The second-order valence-electron chi connectivity index (χ2n) is 2.28. The number of rotatable bonds is 5. The van der Waals surface area contributed by atoms with E-state index in [1.165, 1.54) is 18.9 Å². The molecule has 0 aliphatic carbocycles. The largest absolute Gasteiger partial charge is 0.299 e. The van der Waals surface area contributed by atoms with Crippen LogP contribution >= 0.6 is 0 Å². The number of allylic oxidation sites excluding steroid dienone is 5. The Balaban J connectivity index is 3.28. The van der Waals surface area contributed by atoms with E-state index < -0.39 is 0 Å². The molecule has 0 aromatic carbocycles. The van der Waals surface area contributed by atoms with E-state index in [1.54, 1.807) is 6.08 Å². The van der Waals surface area contributed by atoms with E-state index in [-0.39, 0.29) is 0 Å². The normalized spacial score (nSPS) is 12.5. The van der Waals surface area contributed by atoms with E-state index in [2.05, 4.69) is 13.0 Å². The van der Waals surface area contributed by atoms with E-state index in [0.717, 1.165) is 12.7 Å². The molecule has 1 heteroatoms. The van der Waals surface area contributed by atoms with Gasteiger partial charge in [0.25, 0.3) is 0 Å². The lowest BCUT2D eigenvalue weighted by Crippen LogP contribution is -1.64. The molecular weight excluding hydrogens is 136 g/mol. The zero-order valence-electron chi connectivity index (χ0n) is 6.99. The van der Waals surface area contributed by atoms with E-state index in [9.17, 15) is 5.11 Å². The Kier molecular flexibility index (Phi) is 8.22. The van der Waals surface area contributed by atoms with Crippen LogP contribution in [0.2, 0.25) is 0 Å². The summed E-state index contributed by atoms with van der Waals surface area (Å²) in [7, 11) is 0. The van der Waals surface area contributed by atoms with Crippen LogP contribution in [-0.2, 0) is 5.11 Å². The minimum absolute atomic E-state index is 0.774. The average molecular weight is 151 g/mol. The molecule has 0 rings (SSSR count). The van der Waals surface area contributed by atoms with Crippen LogP contribution in [-0.4, -0.2) is 0 Å². The molecule has 11 heavy (non-hydrogen) atoms. The molecule has 0 saturated carbocycles. The molecule has 61 valence electrons. The molecule has 0 aliphatic rings. The molecule has 1 radical (unpaired) electrons. The van der Waals surface area contributed by atoms with Crippen molar-refractivity contribution in [2.75, 3.05) is 0 Å². The van der Waals surface area contributed by atoms with Gasteiger partial charge in [-0.1, -0.05) is 44.1 Å². The highest BCUT2D eigenvalue weighted by atomic mass is 16.2. The molecule has 0 unspecified atom stereocenters. The Labute approximate surface area is 68.7 Å². The molecule has 0 N–H and O–H groups in total. The van der Waals surface area contributed by atoms with Crippen LogP contribution in [0.25, 0.3) is 0 Å². The highest BCUT2D eigenvalue weighted by Gasteiger charge is 1.74. The van der Waals surface area contributed by atoms with Crippen molar-refractivity contribution in [3.8, 4) is 0 Å². The van der Waals surface area contributed by atoms with E-state index in [4.69, 9.17) is 0 Å². The van der Waals surface area contributed by atoms with Crippen LogP contribution in [0.4, 0.5) is 0 Å².